The molecule has 2 aromatic rings. The van der Waals surface area contributed by atoms with Gasteiger partial charge in [0.2, 0.25) is 0 Å². The predicted octanol–water partition coefficient (Wildman–Crippen LogP) is 3.08. The lowest BCUT2D eigenvalue weighted by atomic mass is 9.86. The minimum absolute atomic E-state index is 0.258. The van der Waals surface area contributed by atoms with Crippen LogP contribution in [0.15, 0.2) is 42.9 Å². The first-order chi connectivity index (χ1) is 10.4. The normalized spacial score (nSPS) is 18.6. The number of hydrogen-bond acceptors (Lipinski definition) is 4. The molecule has 1 N–H and O–H groups in total. The van der Waals surface area contributed by atoms with Crippen molar-refractivity contribution < 1.29 is 4.74 Å². The first kappa shape index (κ1) is 14.0. The van der Waals surface area contributed by atoms with Crippen molar-refractivity contribution in [2.24, 2.45) is 0 Å². The Kier molecular flexibility index (Phi) is 4.46. The van der Waals surface area contributed by atoms with Crippen molar-refractivity contribution in [3.63, 3.8) is 0 Å². The number of hydrogen-bond donors (Lipinski definition) is 1. The zero-order chi connectivity index (χ0) is 14.5. The summed E-state index contributed by atoms with van der Waals surface area (Å²) < 4.78 is 5.75. The number of para-hydroxylation sites is 1. The maximum atomic E-state index is 5.75. The molecule has 0 bridgehead atoms. The Hall–Kier alpha value is -1.94. The second kappa shape index (κ2) is 6.68. The van der Waals surface area contributed by atoms with Crippen molar-refractivity contribution in [3.8, 4) is 5.75 Å². The van der Waals surface area contributed by atoms with Crippen LogP contribution in [0.2, 0.25) is 0 Å². The molecule has 1 aromatic carbocycles. The molecule has 0 saturated carbocycles. The van der Waals surface area contributed by atoms with Crippen molar-refractivity contribution in [1.29, 1.82) is 0 Å². The Morgan fingerprint density at radius 3 is 3.05 bits per heavy atom. The van der Waals surface area contributed by atoms with Gasteiger partial charge in [0.1, 0.15) is 12.1 Å². The van der Waals surface area contributed by atoms with E-state index in [4.69, 9.17) is 4.74 Å². The number of nitrogens with one attached hydrogen (secondary N) is 1. The van der Waals surface area contributed by atoms with E-state index < -0.39 is 0 Å². The summed E-state index contributed by atoms with van der Waals surface area (Å²) in [7, 11) is 0. The van der Waals surface area contributed by atoms with Crippen LogP contribution in [0.1, 0.15) is 43.0 Å². The van der Waals surface area contributed by atoms with Gasteiger partial charge in [-0.05, 0) is 43.0 Å². The van der Waals surface area contributed by atoms with Gasteiger partial charge >= 0.3 is 0 Å². The molecule has 2 unspecified atom stereocenters. The molecule has 21 heavy (non-hydrogen) atoms. The third-order valence-electron chi connectivity index (χ3n) is 4.02. The first-order valence-corrected chi connectivity index (χ1v) is 7.59. The summed E-state index contributed by atoms with van der Waals surface area (Å²) in [6, 6.07) is 10.6. The van der Waals surface area contributed by atoms with E-state index in [1.54, 1.807) is 6.33 Å². The van der Waals surface area contributed by atoms with E-state index in [0.29, 0.717) is 5.92 Å². The fraction of sp³-hybridized carbons (Fsp3) is 0.412. The molecule has 2 atom stereocenters. The summed E-state index contributed by atoms with van der Waals surface area (Å²) >= 11 is 0. The Morgan fingerprint density at radius 2 is 2.24 bits per heavy atom. The van der Waals surface area contributed by atoms with E-state index in [2.05, 4.69) is 40.4 Å². The lowest BCUT2D eigenvalue weighted by Gasteiger charge is -2.29. The summed E-state index contributed by atoms with van der Waals surface area (Å²) in [5.74, 6) is 1.54. The standard InChI is InChI=1S/C17H21N3O/c1-2-19-16(15-7-9-18-12-20-15)11-13-8-10-21-17-6-4-3-5-14(13)17/h3-7,9,12-13,16,19H,2,8,10-11H2,1H3. The number of rotatable bonds is 5. The molecule has 3 rings (SSSR count). The second-order valence-electron chi connectivity index (χ2n) is 5.35. The maximum absolute atomic E-state index is 5.75. The molecule has 4 nitrogen and oxygen atoms in total. The summed E-state index contributed by atoms with van der Waals surface area (Å²) in [6.45, 7) is 3.86. The molecule has 4 heteroatoms. The fourth-order valence-corrected chi connectivity index (χ4v) is 3.01. The van der Waals surface area contributed by atoms with Gasteiger partial charge in [0.05, 0.1) is 18.3 Å². The predicted molar refractivity (Wildman–Crippen MR) is 82.4 cm³/mol. The highest BCUT2D eigenvalue weighted by atomic mass is 16.5. The topological polar surface area (TPSA) is 47.0 Å². The van der Waals surface area contributed by atoms with Gasteiger partial charge in [-0.1, -0.05) is 25.1 Å². The van der Waals surface area contributed by atoms with E-state index >= 15 is 0 Å². The molecule has 0 fully saturated rings. The van der Waals surface area contributed by atoms with Crippen LogP contribution < -0.4 is 10.1 Å². The van der Waals surface area contributed by atoms with Crippen LogP contribution in [0.4, 0.5) is 0 Å². The zero-order valence-electron chi connectivity index (χ0n) is 12.3. The molecule has 0 radical (unpaired) electrons. The highest BCUT2D eigenvalue weighted by Gasteiger charge is 2.25. The van der Waals surface area contributed by atoms with E-state index in [0.717, 1.165) is 37.4 Å². The van der Waals surface area contributed by atoms with Gasteiger partial charge in [0.25, 0.3) is 0 Å². The third kappa shape index (κ3) is 3.22. The number of fused-ring (bicyclic) bond motifs is 1. The molecule has 1 aliphatic heterocycles. The highest BCUT2D eigenvalue weighted by molar-refractivity contribution is 5.38. The van der Waals surface area contributed by atoms with Gasteiger partial charge < -0.3 is 10.1 Å². The lowest BCUT2D eigenvalue weighted by molar-refractivity contribution is 0.255. The molecule has 0 saturated heterocycles. The van der Waals surface area contributed by atoms with Crippen molar-refractivity contribution in [2.45, 2.75) is 31.7 Å². The molecular weight excluding hydrogens is 262 g/mol. The van der Waals surface area contributed by atoms with Crippen LogP contribution in [0, 0.1) is 0 Å². The van der Waals surface area contributed by atoms with Gasteiger partial charge in [0.15, 0.2) is 0 Å². The van der Waals surface area contributed by atoms with Crippen molar-refractivity contribution >= 4 is 0 Å². The molecule has 0 aliphatic carbocycles. The minimum Gasteiger partial charge on any atom is -0.493 e. The number of aromatic nitrogens is 2. The smallest absolute Gasteiger partial charge is 0.122 e. The van der Waals surface area contributed by atoms with Gasteiger partial charge in [0, 0.05) is 6.20 Å². The third-order valence-corrected chi connectivity index (χ3v) is 4.02. The Bertz CT molecular complexity index is 573. The van der Waals surface area contributed by atoms with E-state index in [1.165, 1.54) is 5.56 Å². The van der Waals surface area contributed by atoms with Crippen LogP contribution in [0.5, 0.6) is 5.75 Å². The SMILES string of the molecule is CCNC(CC1CCOc2ccccc21)c1ccncn1. The van der Waals surface area contributed by atoms with Gasteiger partial charge in [-0.25, -0.2) is 9.97 Å². The first-order valence-electron chi connectivity index (χ1n) is 7.59. The van der Waals surface area contributed by atoms with Gasteiger partial charge in [-0.2, -0.15) is 0 Å². The van der Waals surface area contributed by atoms with Gasteiger partial charge in [-0.15, -0.1) is 0 Å². The summed E-state index contributed by atoms with van der Waals surface area (Å²) in [5.41, 5.74) is 2.39. The average Bonchev–Trinajstić information content (AvgIpc) is 2.55. The van der Waals surface area contributed by atoms with Crippen molar-refractivity contribution in [1.82, 2.24) is 15.3 Å². The van der Waals surface area contributed by atoms with Crippen LogP contribution in [-0.4, -0.2) is 23.1 Å². The van der Waals surface area contributed by atoms with Crippen LogP contribution in [0.25, 0.3) is 0 Å². The average molecular weight is 283 g/mol. The molecule has 0 amide bonds. The summed E-state index contributed by atoms with van der Waals surface area (Å²) in [6.07, 6.45) is 5.53. The Balaban J connectivity index is 1.81. The van der Waals surface area contributed by atoms with Crippen LogP contribution in [0.3, 0.4) is 0 Å². The second-order valence-corrected chi connectivity index (χ2v) is 5.35. The minimum atomic E-state index is 0.258. The number of benzene rings is 1. The molecule has 1 aliphatic rings. The Morgan fingerprint density at radius 1 is 1.33 bits per heavy atom. The lowest BCUT2D eigenvalue weighted by Crippen LogP contribution is -2.26. The Labute approximate surface area is 125 Å². The fourth-order valence-electron chi connectivity index (χ4n) is 3.01. The number of ether oxygens (including phenoxy) is 1. The maximum Gasteiger partial charge on any atom is 0.122 e. The quantitative estimate of drug-likeness (QED) is 0.916. The summed E-state index contributed by atoms with van der Waals surface area (Å²) in [4.78, 5) is 8.43. The molecule has 110 valence electrons. The van der Waals surface area contributed by atoms with Crippen LogP contribution >= 0.6 is 0 Å². The van der Waals surface area contributed by atoms with E-state index in [9.17, 15) is 0 Å². The molecular formula is C17H21N3O. The van der Waals surface area contributed by atoms with Gasteiger partial charge in [-0.3, -0.25) is 0 Å². The summed E-state index contributed by atoms with van der Waals surface area (Å²) in [5, 5.41) is 3.55. The molecule has 1 aromatic heterocycles. The number of nitrogens with zero attached hydrogens (tertiary/aromatic N) is 2. The monoisotopic (exact) mass is 283 g/mol. The molecule has 0 spiro atoms. The van der Waals surface area contributed by atoms with Crippen molar-refractivity contribution in [2.75, 3.05) is 13.2 Å². The zero-order valence-corrected chi connectivity index (χ0v) is 12.3. The highest BCUT2D eigenvalue weighted by Crippen LogP contribution is 2.38. The van der Waals surface area contributed by atoms with E-state index in [-0.39, 0.29) is 6.04 Å². The van der Waals surface area contributed by atoms with Crippen molar-refractivity contribution in [3.05, 3.63) is 54.1 Å². The van der Waals surface area contributed by atoms with E-state index in [1.807, 2.05) is 18.3 Å². The molecule has 2 heterocycles. The van der Waals surface area contributed by atoms with Crippen LogP contribution in [-0.2, 0) is 0 Å². The largest absolute Gasteiger partial charge is 0.493 e.